The third-order valence-corrected chi connectivity index (χ3v) is 3.86. The Morgan fingerprint density at radius 1 is 1.25 bits per heavy atom. The van der Waals surface area contributed by atoms with Crippen molar-refractivity contribution in [3.8, 4) is 11.5 Å². The Morgan fingerprint density at radius 3 is 2.30 bits per heavy atom. The van der Waals surface area contributed by atoms with Crippen molar-refractivity contribution in [2.45, 2.75) is 24.7 Å². The van der Waals surface area contributed by atoms with Crippen molar-refractivity contribution in [3.05, 3.63) is 23.3 Å². The Hall–Kier alpha value is -2.24. The minimum absolute atomic E-state index is 0.107. The van der Waals surface area contributed by atoms with E-state index in [2.05, 4.69) is 4.74 Å². The van der Waals surface area contributed by atoms with Crippen molar-refractivity contribution >= 4 is 11.9 Å². The molecule has 0 aromatic heterocycles. The van der Waals surface area contributed by atoms with Crippen LogP contribution in [0.4, 0.5) is 0 Å². The van der Waals surface area contributed by atoms with Crippen molar-refractivity contribution in [2.24, 2.45) is 0 Å². The highest BCUT2D eigenvalue weighted by atomic mass is 16.5. The highest BCUT2D eigenvalue weighted by molar-refractivity contribution is 5.94. The fraction of sp³-hybridized carbons (Fsp3) is 0.429. The van der Waals surface area contributed by atoms with Crippen molar-refractivity contribution in [3.63, 3.8) is 0 Å². The minimum atomic E-state index is -1.13. The predicted molar refractivity (Wildman–Crippen MR) is 69.2 cm³/mol. The van der Waals surface area contributed by atoms with E-state index < -0.39 is 17.4 Å². The van der Waals surface area contributed by atoms with Crippen molar-refractivity contribution in [2.75, 3.05) is 14.2 Å². The molecule has 0 heterocycles. The Labute approximate surface area is 115 Å². The first kappa shape index (κ1) is 14.2. The van der Waals surface area contributed by atoms with Crippen molar-refractivity contribution < 1.29 is 29.3 Å². The molecular formula is C14H16O6. The number of ether oxygens (including phenoxy) is 2. The van der Waals surface area contributed by atoms with Crippen LogP contribution in [0.3, 0.4) is 0 Å². The lowest BCUT2D eigenvalue weighted by molar-refractivity contribution is -0.147. The molecular weight excluding hydrogens is 264 g/mol. The summed E-state index contributed by atoms with van der Waals surface area (Å²) in [5.41, 5.74) is -0.785. The van der Waals surface area contributed by atoms with E-state index in [0.717, 1.165) is 6.42 Å². The van der Waals surface area contributed by atoms with Gasteiger partial charge in [-0.3, -0.25) is 4.79 Å². The van der Waals surface area contributed by atoms with Gasteiger partial charge in [-0.25, -0.2) is 4.79 Å². The fourth-order valence-electron chi connectivity index (χ4n) is 2.52. The number of carboxylic acid groups (broad SMARTS) is 1. The molecule has 1 fully saturated rings. The monoisotopic (exact) mass is 280 g/mol. The maximum Gasteiger partial charge on any atom is 0.341 e. The third-order valence-electron chi connectivity index (χ3n) is 3.86. The molecule has 0 aliphatic heterocycles. The molecule has 6 heteroatoms. The molecule has 0 bridgehead atoms. The van der Waals surface area contributed by atoms with Gasteiger partial charge >= 0.3 is 11.9 Å². The third kappa shape index (κ3) is 1.97. The predicted octanol–water partition coefficient (Wildman–Crippen LogP) is 1.69. The van der Waals surface area contributed by atoms with Gasteiger partial charge in [-0.15, -0.1) is 0 Å². The lowest BCUT2D eigenvalue weighted by Crippen LogP contribution is -2.42. The number of phenolic OH excluding ortho intramolecular Hbond substituents is 1. The van der Waals surface area contributed by atoms with E-state index in [1.54, 1.807) is 0 Å². The van der Waals surface area contributed by atoms with E-state index in [0.29, 0.717) is 12.8 Å². The maximum absolute atomic E-state index is 11.7. The summed E-state index contributed by atoms with van der Waals surface area (Å²) in [6, 6.07) is 2.61. The highest BCUT2D eigenvalue weighted by Gasteiger charge is 2.48. The quantitative estimate of drug-likeness (QED) is 0.815. The molecule has 0 unspecified atom stereocenters. The van der Waals surface area contributed by atoms with Crippen LogP contribution < -0.4 is 4.74 Å². The minimum Gasteiger partial charge on any atom is -0.507 e. The molecule has 0 saturated heterocycles. The van der Waals surface area contributed by atoms with Gasteiger partial charge in [0.15, 0.2) is 0 Å². The molecule has 108 valence electrons. The number of methoxy groups -OCH3 is 2. The van der Waals surface area contributed by atoms with Gasteiger partial charge in [0.25, 0.3) is 0 Å². The van der Waals surface area contributed by atoms with Crippen LogP contribution in [0.2, 0.25) is 0 Å². The Balaban J connectivity index is 2.60. The van der Waals surface area contributed by atoms with Gasteiger partial charge in [0.2, 0.25) is 0 Å². The number of esters is 1. The lowest BCUT2D eigenvalue weighted by Gasteiger charge is -2.38. The Kier molecular flexibility index (Phi) is 3.57. The largest absolute Gasteiger partial charge is 0.507 e. The van der Waals surface area contributed by atoms with Gasteiger partial charge in [-0.05, 0) is 18.9 Å². The van der Waals surface area contributed by atoms with Gasteiger partial charge in [0, 0.05) is 11.6 Å². The van der Waals surface area contributed by atoms with Crippen LogP contribution >= 0.6 is 0 Å². The number of aliphatic carboxylic acids is 1. The number of benzene rings is 1. The summed E-state index contributed by atoms with van der Waals surface area (Å²) < 4.78 is 9.67. The number of carboxylic acids is 1. The van der Waals surface area contributed by atoms with Crippen LogP contribution in [0.5, 0.6) is 11.5 Å². The van der Waals surface area contributed by atoms with Gasteiger partial charge in [-0.1, -0.05) is 6.42 Å². The lowest BCUT2D eigenvalue weighted by atomic mass is 9.64. The van der Waals surface area contributed by atoms with Gasteiger partial charge in [0.05, 0.1) is 19.6 Å². The van der Waals surface area contributed by atoms with Gasteiger partial charge in [0.1, 0.15) is 17.1 Å². The van der Waals surface area contributed by atoms with Crippen LogP contribution in [0, 0.1) is 0 Å². The SMILES string of the molecule is COC(=O)c1cc(C2(C(=O)O)CCC2)c(O)cc1OC. The molecule has 1 aliphatic carbocycles. The second-order valence-corrected chi connectivity index (χ2v) is 4.80. The van der Waals surface area contributed by atoms with Crippen LogP contribution in [0.25, 0.3) is 0 Å². The molecule has 2 N–H and O–H groups in total. The standard InChI is InChI=1S/C14H16O6/c1-19-11-7-10(15)9(6-8(11)12(16)20-2)14(13(17)18)4-3-5-14/h6-7,15H,3-5H2,1-2H3,(H,17,18). The number of rotatable bonds is 4. The summed E-state index contributed by atoms with van der Waals surface area (Å²) in [6.07, 6.45) is 1.64. The normalized spacial score (nSPS) is 16.1. The van der Waals surface area contributed by atoms with E-state index in [-0.39, 0.29) is 22.6 Å². The van der Waals surface area contributed by atoms with E-state index in [9.17, 15) is 19.8 Å². The average Bonchev–Trinajstić information content (AvgIpc) is 2.37. The number of carbonyl (C=O) groups is 2. The first-order valence-electron chi connectivity index (χ1n) is 6.19. The molecule has 20 heavy (non-hydrogen) atoms. The second kappa shape index (κ2) is 5.03. The Morgan fingerprint density at radius 2 is 1.90 bits per heavy atom. The first-order valence-corrected chi connectivity index (χ1v) is 6.19. The van der Waals surface area contributed by atoms with Gasteiger partial charge < -0.3 is 19.7 Å². The van der Waals surface area contributed by atoms with Crippen LogP contribution in [0.1, 0.15) is 35.2 Å². The molecule has 1 aromatic carbocycles. The fourth-order valence-corrected chi connectivity index (χ4v) is 2.52. The van der Waals surface area contributed by atoms with E-state index >= 15 is 0 Å². The molecule has 0 spiro atoms. The molecule has 1 saturated carbocycles. The number of hydrogen-bond donors (Lipinski definition) is 2. The molecule has 0 atom stereocenters. The summed E-state index contributed by atoms with van der Waals surface area (Å²) in [7, 11) is 2.59. The Bertz CT molecular complexity index is 559. The summed E-state index contributed by atoms with van der Waals surface area (Å²) in [4.78, 5) is 23.2. The summed E-state index contributed by atoms with van der Waals surface area (Å²) in [5, 5.41) is 19.5. The van der Waals surface area contributed by atoms with E-state index in [1.165, 1.54) is 26.4 Å². The van der Waals surface area contributed by atoms with E-state index in [4.69, 9.17) is 4.74 Å². The average molecular weight is 280 g/mol. The van der Waals surface area contributed by atoms with Crippen molar-refractivity contribution in [1.82, 2.24) is 0 Å². The van der Waals surface area contributed by atoms with Gasteiger partial charge in [-0.2, -0.15) is 0 Å². The van der Waals surface area contributed by atoms with E-state index in [1.807, 2.05) is 0 Å². The molecule has 1 aliphatic rings. The zero-order valence-corrected chi connectivity index (χ0v) is 11.3. The highest BCUT2D eigenvalue weighted by Crippen LogP contribution is 2.48. The first-order chi connectivity index (χ1) is 9.46. The van der Waals surface area contributed by atoms with Crippen LogP contribution in [-0.2, 0) is 14.9 Å². The van der Waals surface area contributed by atoms with Crippen molar-refractivity contribution in [1.29, 1.82) is 0 Å². The smallest absolute Gasteiger partial charge is 0.341 e. The number of phenols is 1. The molecule has 0 amide bonds. The maximum atomic E-state index is 11.7. The number of carbonyl (C=O) groups excluding carboxylic acids is 1. The summed E-state index contributed by atoms with van der Waals surface area (Å²) >= 11 is 0. The molecule has 6 nitrogen and oxygen atoms in total. The zero-order chi connectivity index (χ0) is 14.9. The molecule has 2 rings (SSSR count). The summed E-state index contributed by atoms with van der Waals surface area (Å²) in [5.74, 6) is -1.67. The molecule has 0 radical (unpaired) electrons. The zero-order valence-electron chi connectivity index (χ0n) is 11.3. The number of hydrogen-bond acceptors (Lipinski definition) is 5. The van der Waals surface area contributed by atoms with Crippen LogP contribution in [-0.4, -0.2) is 36.4 Å². The topological polar surface area (TPSA) is 93.1 Å². The summed E-state index contributed by atoms with van der Waals surface area (Å²) in [6.45, 7) is 0. The molecule has 1 aromatic rings. The second-order valence-electron chi connectivity index (χ2n) is 4.80. The van der Waals surface area contributed by atoms with Crippen LogP contribution in [0.15, 0.2) is 12.1 Å². The number of aromatic hydroxyl groups is 1.